The number of aromatic nitrogens is 3. The number of amides is 1. The number of benzene rings is 1. The van der Waals surface area contributed by atoms with E-state index in [-0.39, 0.29) is 5.91 Å². The predicted octanol–water partition coefficient (Wildman–Crippen LogP) is 3.38. The fourth-order valence-electron chi connectivity index (χ4n) is 3.78. The van der Waals surface area contributed by atoms with Gasteiger partial charge in [-0.3, -0.25) is 9.36 Å². The van der Waals surface area contributed by atoms with E-state index < -0.39 is 0 Å². The maximum atomic E-state index is 12.4. The SMILES string of the molecule is CC(CC(=O)Nc1ccc(-n2cnc3ccccc32)nc1)C1CCCNC1. The van der Waals surface area contributed by atoms with Crippen LogP contribution in [0, 0.1) is 11.8 Å². The zero-order valence-corrected chi connectivity index (χ0v) is 15.6. The molecule has 2 aromatic heterocycles. The Morgan fingerprint density at radius 3 is 2.96 bits per heavy atom. The van der Waals surface area contributed by atoms with Crippen LogP contribution < -0.4 is 10.6 Å². The highest BCUT2D eigenvalue weighted by atomic mass is 16.1. The Morgan fingerprint density at radius 1 is 1.30 bits per heavy atom. The van der Waals surface area contributed by atoms with Crippen molar-refractivity contribution < 1.29 is 4.79 Å². The van der Waals surface area contributed by atoms with Gasteiger partial charge in [0.15, 0.2) is 0 Å². The van der Waals surface area contributed by atoms with Crippen LogP contribution in [0.5, 0.6) is 0 Å². The van der Waals surface area contributed by atoms with Crippen LogP contribution in [0.3, 0.4) is 0 Å². The molecule has 1 aromatic carbocycles. The van der Waals surface area contributed by atoms with Gasteiger partial charge in [0.25, 0.3) is 0 Å². The maximum absolute atomic E-state index is 12.4. The number of piperidine rings is 1. The molecule has 4 rings (SSSR count). The number of hydrogen-bond donors (Lipinski definition) is 2. The predicted molar refractivity (Wildman–Crippen MR) is 107 cm³/mol. The van der Waals surface area contributed by atoms with Crippen molar-refractivity contribution >= 4 is 22.6 Å². The minimum absolute atomic E-state index is 0.0516. The van der Waals surface area contributed by atoms with Crippen LogP contribution in [-0.4, -0.2) is 33.5 Å². The molecular weight excluding hydrogens is 338 g/mol. The monoisotopic (exact) mass is 363 g/mol. The Hall–Kier alpha value is -2.73. The lowest BCUT2D eigenvalue weighted by Gasteiger charge is -2.28. The second kappa shape index (κ2) is 7.88. The van der Waals surface area contributed by atoms with Gasteiger partial charge < -0.3 is 10.6 Å². The fourth-order valence-corrected chi connectivity index (χ4v) is 3.78. The van der Waals surface area contributed by atoms with Gasteiger partial charge in [-0.2, -0.15) is 0 Å². The lowest BCUT2D eigenvalue weighted by Crippen LogP contribution is -2.34. The second-order valence-corrected chi connectivity index (χ2v) is 7.34. The first-order valence-corrected chi connectivity index (χ1v) is 9.60. The zero-order valence-electron chi connectivity index (χ0n) is 15.6. The number of fused-ring (bicyclic) bond motifs is 1. The number of para-hydroxylation sites is 2. The van der Waals surface area contributed by atoms with Crippen molar-refractivity contribution in [3.63, 3.8) is 0 Å². The van der Waals surface area contributed by atoms with Crippen LogP contribution in [0.15, 0.2) is 48.9 Å². The van der Waals surface area contributed by atoms with Gasteiger partial charge in [-0.15, -0.1) is 0 Å². The van der Waals surface area contributed by atoms with Gasteiger partial charge in [0.2, 0.25) is 5.91 Å². The number of pyridine rings is 1. The van der Waals surface area contributed by atoms with Gasteiger partial charge in [-0.25, -0.2) is 9.97 Å². The average Bonchev–Trinajstić information content (AvgIpc) is 3.13. The van der Waals surface area contributed by atoms with E-state index in [0.717, 1.165) is 35.6 Å². The summed E-state index contributed by atoms with van der Waals surface area (Å²) >= 11 is 0. The number of carbonyl (C=O) groups excluding carboxylic acids is 1. The van der Waals surface area contributed by atoms with Gasteiger partial charge in [-0.1, -0.05) is 19.1 Å². The van der Waals surface area contributed by atoms with Crippen LogP contribution in [0.1, 0.15) is 26.2 Å². The quantitative estimate of drug-likeness (QED) is 0.729. The molecule has 0 radical (unpaired) electrons. The Morgan fingerprint density at radius 2 is 2.19 bits per heavy atom. The number of nitrogens with one attached hydrogen (secondary N) is 2. The molecule has 3 aromatic rings. The molecule has 0 bridgehead atoms. The normalized spacial score (nSPS) is 18.3. The summed E-state index contributed by atoms with van der Waals surface area (Å²) in [6.07, 6.45) is 6.42. The van der Waals surface area contributed by atoms with E-state index in [2.05, 4.69) is 27.5 Å². The maximum Gasteiger partial charge on any atom is 0.224 e. The first-order chi connectivity index (χ1) is 13.2. The lowest BCUT2D eigenvalue weighted by molar-refractivity contribution is -0.117. The Kier molecular flexibility index (Phi) is 5.16. The minimum Gasteiger partial charge on any atom is -0.325 e. The molecule has 1 saturated heterocycles. The van der Waals surface area contributed by atoms with Crippen molar-refractivity contribution in [3.05, 3.63) is 48.9 Å². The van der Waals surface area contributed by atoms with Gasteiger partial charge in [-0.05, 0) is 62.0 Å². The number of imidazole rings is 1. The molecule has 6 heteroatoms. The number of nitrogens with zero attached hydrogens (tertiary/aromatic N) is 3. The van der Waals surface area contributed by atoms with E-state index in [1.165, 1.54) is 12.8 Å². The van der Waals surface area contributed by atoms with Crippen molar-refractivity contribution in [2.24, 2.45) is 11.8 Å². The lowest BCUT2D eigenvalue weighted by atomic mass is 9.85. The van der Waals surface area contributed by atoms with Crippen LogP contribution in [-0.2, 0) is 4.79 Å². The third kappa shape index (κ3) is 4.01. The van der Waals surface area contributed by atoms with Crippen LogP contribution >= 0.6 is 0 Å². The smallest absolute Gasteiger partial charge is 0.224 e. The molecule has 1 aliphatic rings. The third-order valence-corrected chi connectivity index (χ3v) is 5.38. The van der Waals surface area contributed by atoms with Gasteiger partial charge in [0.1, 0.15) is 12.1 Å². The molecule has 2 N–H and O–H groups in total. The van der Waals surface area contributed by atoms with Crippen molar-refractivity contribution in [2.75, 3.05) is 18.4 Å². The molecule has 2 unspecified atom stereocenters. The molecular formula is C21H25N5O. The van der Waals surface area contributed by atoms with E-state index in [1.54, 1.807) is 12.5 Å². The highest BCUT2D eigenvalue weighted by molar-refractivity contribution is 5.90. The first kappa shape index (κ1) is 17.7. The Bertz CT molecular complexity index is 912. The summed E-state index contributed by atoms with van der Waals surface area (Å²) in [6.45, 7) is 4.28. The summed E-state index contributed by atoms with van der Waals surface area (Å²) in [5.41, 5.74) is 2.67. The van der Waals surface area contributed by atoms with Gasteiger partial charge >= 0.3 is 0 Å². The molecule has 0 saturated carbocycles. The molecule has 3 heterocycles. The van der Waals surface area contributed by atoms with E-state index >= 15 is 0 Å². The molecule has 1 fully saturated rings. The van der Waals surface area contributed by atoms with Crippen molar-refractivity contribution in [1.29, 1.82) is 0 Å². The third-order valence-electron chi connectivity index (χ3n) is 5.38. The minimum atomic E-state index is 0.0516. The molecule has 1 aliphatic heterocycles. The Balaban J connectivity index is 1.39. The zero-order chi connectivity index (χ0) is 18.6. The van der Waals surface area contributed by atoms with E-state index in [0.29, 0.717) is 18.3 Å². The standard InChI is InChI=1S/C21H25N5O/c1-15(16-5-4-10-22-12-16)11-21(27)25-17-8-9-20(23-13-17)26-14-24-18-6-2-3-7-19(18)26/h2-3,6-9,13-16,22H,4-5,10-12H2,1H3,(H,25,27). The molecule has 6 nitrogen and oxygen atoms in total. The van der Waals surface area contributed by atoms with Crippen molar-refractivity contribution in [2.45, 2.75) is 26.2 Å². The van der Waals surface area contributed by atoms with E-state index in [4.69, 9.17) is 0 Å². The van der Waals surface area contributed by atoms with Crippen LogP contribution in [0.25, 0.3) is 16.9 Å². The van der Waals surface area contributed by atoms with Gasteiger partial charge in [0.05, 0.1) is 22.9 Å². The van der Waals surface area contributed by atoms with E-state index in [9.17, 15) is 4.79 Å². The molecule has 0 spiro atoms. The highest BCUT2D eigenvalue weighted by Crippen LogP contribution is 2.23. The van der Waals surface area contributed by atoms with Crippen molar-refractivity contribution in [3.8, 4) is 5.82 Å². The largest absolute Gasteiger partial charge is 0.325 e. The molecule has 0 aliphatic carbocycles. The topological polar surface area (TPSA) is 71.8 Å². The average molecular weight is 363 g/mol. The summed E-state index contributed by atoms with van der Waals surface area (Å²) in [7, 11) is 0. The Labute approximate surface area is 159 Å². The molecule has 1 amide bonds. The fraction of sp³-hybridized carbons (Fsp3) is 0.381. The summed E-state index contributed by atoms with van der Waals surface area (Å²) in [6, 6.07) is 11.7. The number of rotatable bonds is 5. The number of hydrogen-bond acceptors (Lipinski definition) is 4. The second-order valence-electron chi connectivity index (χ2n) is 7.34. The summed E-state index contributed by atoms with van der Waals surface area (Å²) in [5.74, 6) is 1.79. The summed E-state index contributed by atoms with van der Waals surface area (Å²) in [5, 5.41) is 6.40. The summed E-state index contributed by atoms with van der Waals surface area (Å²) in [4.78, 5) is 21.3. The van der Waals surface area contributed by atoms with E-state index in [1.807, 2.05) is 41.0 Å². The first-order valence-electron chi connectivity index (χ1n) is 9.60. The van der Waals surface area contributed by atoms with Crippen molar-refractivity contribution in [1.82, 2.24) is 19.9 Å². The van der Waals surface area contributed by atoms with Crippen LogP contribution in [0.4, 0.5) is 5.69 Å². The molecule has 27 heavy (non-hydrogen) atoms. The highest BCUT2D eigenvalue weighted by Gasteiger charge is 2.22. The molecule has 140 valence electrons. The number of anilines is 1. The van der Waals surface area contributed by atoms with Crippen LogP contribution in [0.2, 0.25) is 0 Å². The number of carbonyl (C=O) groups is 1. The summed E-state index contributed by atoms with van der Waals surface area (Å²) < 4.78 is 1.94. The van der Waals surface area contributed by atoms with Gasteiger partial charge in [0, 0.05) is 6.42 Å². The molecule has 2 atom stereocenters.